The van der Waals surface area contributed by atoms with Crippen LogP contribution in [0.3, 0.4) is 0 Å². The van der Waals surface area contributed by atoms with Crippen LogP contribution >= 0.6 is 23.2 Å². The van der Waals surface area contributed by atoms with Crippen molar-refractivity contribution in [1.82, 2.24) is 9.62 Å². The smallest absolute Gasteiger partial charge is 0.241 e. The van der Waals surface area contributed by atoms with Crippen LogP contribution < -0.4 is 4.72 Å². The Morgan fingerprint density at radius 3 is 2.37 bits per heavy atom. The van der Waals surface area contributed by atoms with E-state index >= 15 is 0 Å². The standard InChI is InChI=1S/C20H20Cl2N2O2S/c1-24(2)13-19(15-10-11-17(21)18(22)12-15)23-27(25,26)20-9-5-7-14-6-3-4-8-16(14)20/h3-12,19,23H,13H2,1-2H3/t19-/m1/s1. The van der Waals surface area contributed by atoms with Gasteiger partial charge in [-0.05, 0) is 43.2 Å². The maximum absolute atomic E-state index is 13.2. The number of hydrogen-bond acceptors (Lipinski definition) is 3. The summed E-state index contributed by atoms with van der Waals surface area (Å²) >= 11 is 12.1. The molecule has 0 aliphatic heterocycles. The van der Waals surface area contributed by atoms with Gasteiger partial charge in [-0.3, -0.25) is 0 Å². The summed E-state index contributed by atoms with van der Waals surface area (Å²) in [4.78, 5) is 2.17. The molecule has 142 valence electrons. The molecule has 0 radical (unpaired) electrons. The Morgan fingerprint density at radius 2 is 1.67 bits per heavy atom. The van der Waals surface area contributed by atoms with Gasteiger partial charge in [0.15, 0.2) is 0 Å². The predicted molar refractivity (Wildman–Crippen MR) is 112 cm³/mol. The van der Waals surface area contributed by atoms with E-state index in [1.54, 1.807) is 30.3 Å². The molecule has 0 saturated heterocycles. The first-order valence-corrected chi connectivity index (χ1v) is 10.6. The summed E-state index contributed by atoms with van der Waals surface area (Å²) in [6, 6.07) is 17.4. The SMILES string of the molecule is CN(C)C[C@@H](NS(=O)(=O)c1cccc2ccccc12)c1ccc(Cl)c(Cl)c1. The second-order valence-electron chi connectivity index (χ2n) is 6.59. The van der Waals surface area contributed by atoms with Crippen molar-refractivity contribution in [3.05, 3.63) is 76.3 Å². The van der Waals surface area contributed by atoms with Crippen LogP contribution in [-0.2, 0) is 10.0 Å². The van der Waals surface area contributed by atoms with Gasteiger partial charge in [0.1, 0.15) is 0 Å². The molecule has 7 heteroatoms. The van der Waals surface area contributed by atoms with Gasteiger partial charge in [0.05, 0.1) is 21.0 Å². The Kier molecular flexibility index (Phi) is 6.08. The number of fused-ring (bicyclic) bond motifs is 1. The largest absolute Gasteiger partial charge is 0.307 e. The summed E-state index contributed by atoms with van der Waals surface area (Å²) in [6.07, 6.45) is 0. The van der Waals surface area contributed by atoms with E-state index in [4.69, 9.17) is 23.2 Å². The minimum Gasteiger partial charge on any atom is -0.307 e. The van der Waals surface area contributed by atoms with E-state index < -0.39 is 16.1 Å². The average Bonchev–Trinajstić information content (AvgIpc) is 2.62. The van der Waals surface area contributed by atoms with Gasteiger partial charge in [-0.25, -0.2) is 13.1 Å². The highest BCUT2D eigenvalue weighted by molar-refractivity contribution is 7.89. The third-order valence-electron chi connectivity index (χ3n) is 4.23. The van der Waals surface area contributed by atoms with Crippen molar-refractivity contribution in [3.8, 4) is 0 Å². The fraction of sp³-hybridized carbons (Fsp3) is 0.200. The summed E-state index contributed by atoms with van der Waals surface area (Å²) in [5.41, 5.74) is 0.752. The number of nitrogens with zero attached hydrogens (tertiary/aromatic N) is 1. The van der Waals surface area contributed by atoms with Gasteiger partial charge < -0.3 is 4.90 Å². The molecule has 3 rings (SSSR count). The highest BCUT2D eigenvalue weighted by atomic mass is 35.5. The predicted octanol–water partition coefficient (Wildman–Crippen LogP) is 4.73. The molecule has 0 aliphatic rings. The lowest BCUT2D eigenvalue weighted by molar-refractivity contribution is 0.363. The van der Waals surface area contributed by atoms with E-state index in [-0.39, 0.29) is 4.90 Å². The van der Waals surface area contributed by atoms with Crippen LogP contribution in [0.25, 0.3) is 10.8 Å². The maximum atomic E-state index is 13.2. The van der Waals surface area contributed by atoms with E-state index in [0.717, 1.165) is 10.9 Å². The highest BCUT2D eigenvalue weighted by Gasteiger charge is 2.24. The number of rotatable bonds is 6. The summed E-state index contributed by atoms with van der Waals surface area (Å²) in [5.74, 6) is 0. The molecule has 0 bridgehead atoms. The third-order valence-corrected chi connectivity index (χ3v) is 6.50. The summed E-state index contributed by atoms with van der Waals surface area (Å²) in [5, 5.41) is 2.38. The molecule has 1 N–H and O–H groups in total. The summed E-state index contributed by atoms with van der Waals surface area (Å²) in [6.45, 7) is 0.474. The third kappa shape index (κ3) is 4.62. The van der Waals surface area contributed by atoms with Gasteiger partial charge >= 0.3 is 0 Å². The first-order chi connectivity index (χ1) is 12.8. The fourth-order valence-electron chi connectivity index (χ4n) is 2.99. The fourth-order valence-corrected chi connectivity index (χ4v) is 4.74. The molecule has 3 aromatic rings. The second kappa shape index (κ2) is 8.17. The van der Waals surface area contributed by atoms with Crippen molar-refractivity contribution in [1.29, 1.82) is 0 Å². The molecule has 0 amide bonds. The first-order valence-electron chi connectivity index (χ1n) is 8.38. The molecule has 0 aliphatic carbocycles. The van der Waals surface area contributed by atoms with Crippen LogP contribution in [0.1, 0.15) is 11.6 Å². The maximum Gasteiger partial charge on any atom is 0.241 e. The van der Waals surface area contributed by atoms with Crippen LogP contribution in [0.2, 0.25) is 10.0 Å². The zero-order valence-electron chi connectivity index (χ0n) is 15.0. The molecular weight excluding hydrogens is 403 g/mol. The van der Waals surface area contributed by atoms with Crippen molar-refractivity contribution in [2.24, 2.45) is 0 Å². The van der Waals surface area contributed by atoms with Crippen molar-refractivity contribution in [2.45, 2.75) is 10.9 Å². The van der Waals surface area contributed by atoms with Crippen LogP contribution in [0.4, 0.5) is 0 Å². The minimum atomic E-state index is -3.76. The Labute approximate surface area is 169 Å². The van der Waals surface area contributed by atoms with E-state index in [1.165, 1.54) is 0 Å². The normalized spacial score (nSPS) is 13.2. The quantitative estimate of drug-likeness (QED) is 0.624. The van der Waals surface area contributed by atoms with Gasteiger partial charge in [0.2, 0.25) is 10.0 Å². The number of halogens is 2. The number of benzene rings is 3. The van der Waals surface area contributed by atoms with Crippen molar-refractivity contribution in [3.63, 3.8) is 0 Å². The highest BCUT2D eigenvalue weighted by Crippen LogP contribution is 2.28. The Hall–Kier alpha value is -1.63. The van der Waals surface area contributed by atoms with E-state index in [9.17, 15) is 8.42 Å². The van der Waals surface area contributed by atoms with Gasteiger partial charge in [0.25, 0.3) is 0 Å². The van der Waals surface area contributed by atoms with Crippen molar-refractivity contribution < 1.29 is 8.42 Å². The van der Waals surface area contributed by atoms with Gasteiger partial charge in [-0.1, -0.05) is 65.7 Å². The molecule has 3 aromatic carbocycles. The Bertz CT molecular complexity index is 1060. The van der Waals surface area contributed by atoms with Crippen molar-refractivity contribution >= 4 is 44.0 Å². The number of hydrogen-bond donors (Lipinski definition) is 1. The van der Waals surface area contributed by atoms with Crippen LogP contribution in [-0.4, -0.2) is 34.0 Å². The van der Waals surface area contributed by atoms with Crippen LogP contribution in [0.15, 0.2) is 65.6 Å². The minimum absolute atomic E-state index is 0.254. The molecule has 0 fully saturated rings. The number of nitrogens with one attached hydrogen (secondary N) is 1. The lowest BCUT2D eigenvalue weighted by Crippen LogP contribution is -2.35. The van der Waals surface area contributed by atoms with E-state index in [2.05, 4.69) is 4.72 Å². The lowest BCUT2D eigenvalue weighted by atomic mass is 10.1. The van der Waals surface area contributed by atoms with Gasteiger partial charge in [-0.15, -0.1) is 0 Å². The van der Waals surface area contributed by atoms with Gasteiger partial charge in [-0.2, -0.15) is 0 Å². The number of likely N-dealkylation sites (N-methyl/N-ethyl adjacent to an activating group) is 1. The zero-order chi connectivity index (χ0) is 19.6. The Morgan fingerprint density at radius 1 is 0.963 bits per heavy atom. The van der Waals surface area contributed by atoms with Crippen molar-refractivity contribution in [2.75, 3.05) is 20.6 Å². The molecule has 0 saturated carbocycles. The molecule has 0 unspecified atom stereocenters. The second-order valence-corrected chi connectivity index (χ2v) is 9.08. The Balaban J connectivity index is 2.02. The summed E-state index contributed by atoms with van der Waals surface area (Å²) < 4.78 is 29.2. The van der Waals surface area contributed by atoms with E-state index in [0.29, 0.717) is 22.0 Å². The molecule has 27 heavy (non-hydrogen) atoms. The first kappa shape index (κ1) is 20.1. The molecule has 0 spiro atoms. The topological polar surface area (TPSA) is 49.4 Å². The molecule has 0 heterocycles. The number of sulfonamides is 1. The monoisotopic (exact) mass is 422 g/mol. The molecular formula is C20H20Cl2N2O2S. The molecule has 0 aromatic heterocycles. The summed E-state index contributed by atoms with van der Waals surface area (Å²) in [7, 11) is 0.0157. The van der Waals surface area contributed by atoms with Crippen LogP contribution in [0, 0.1) is 0 Å². The van der Waals surface area contributed by atoms with Gasteiger partial charge in [0, 0.05) is 11.9 Å². The van der Waals surface area contributed by atoms with E-state index in [1.807, 2.05) is 49.3 Å². The average molecular weight is 423 g/mol. The molecule has 1 atom stereocenters. The van der Waals surface area contributed by atoms with Crippen LogP contribution in [0.5, 0.6) is 0 Å². The molecule has 4 nitrogen and oxygen atoms in total. The lowest BCUT2D eigenvalue weighted by Gasteiger charge is -2.23. The zero-order valence-corrected chi connectivity index (χ0v) is 17.3.